The number of hydrogen-bond donors (Lipinski definition) is 2. The van der Waals surface area contributed by atoms with Crippen LogP contribution in [0.4, 0.5) is 13.6 Å². The zero-order valence-corrected chi connectivity index (χ0v) is 15.3. The molecule has 2 N–H and O–H groups in total. The number of urea groups is 1. The molecular formula is C20H19F2N3O3. The molecule has 2 atom stereocenters. The van der Waals surface area contributed by atoms with E-state index in [1.165, 1.54) is 43.3 Å². The number of imide groups is 1. The largest absolute Gasteiger partial charge is 0.348 e. The van der Waals surface area contributed by atoms with Gasteiger partial charge in [0.15, 0.2) is 0 Å². The van der Waals surface area contributed by atoms with Crippen LogP contribution in [0, 0.1) is 11.6 Å². The first-order valence-electron chi connectivity index (χ1n) is 8.66. The summed E-state index contributed by atoms with van der Waals surface area (Å²) in [6.45, 7) is 2.57. The molecule has 0 radical (unpaired) electrons. The maximum absolute atomic E-state index is 13.8. The summed E-state index contributed by atoms with van der Waals surface area (Å²) >= 11 is 0. The molecule has 0 spiro atoms. The normalized spacial score (nSPS) is 20.1. The van der Waals surface area contributed by atoms with Gasteiger partial charge in [-0.25, -0.2) is 13.6 Å². The highest BCUT2D eigenvalue weighted by atomic mass is 19.1. The molecule has 0 aliphatic carbocycles. The second-order valence-corrected chi connectivity index (χ2v) is 6.76. The molecule has 1 heterocycles. The lowest BCUT2D eigenvalue weighted by molar-refractivity contribution is -0.135. The lowest BCUT2D eigenvalue weighted by Gasteiger charge is -2.22. The van der Waals surface area contributed by atoms with Gasteiger partial charge in [-0.1, -0.05) is 30.3 Å². The van der Waals surface area contributed by atoms with Gasteiger partial charge in [0.05, 0.1) is 6.04 Å². The van der Waals surface area contributed by atoms with Crippen LogP contribution in [0.3, 0.4) is 0 Å². The zero-order valence-electron chi connectivity index (χ0n) is 15.3. The van der Waals surface area contributed by atoms with E-state index in [9.17, 15) is 23.2 Å². The van der Waals surface area contributed by atoms with Gasteiger partial charge in [-0.15, -0.1) is 0 Å². The predicted octanol–water partition coefficient (Wildman–Crippen LogP) is 2.61. The second-order valence-electron chi connectivity index (χ2n) is 6.76. The van der Waals surface area contributed by atoms with Crippen molar-refractivity contribution in [3.05, 3.63) is 71.3 Å². The van der Waals surface area contributed by atoms with E-state index in [1.54, 1.807) is 19.1 Å². The molecule has 2 aromatic carbocycles. The quantitative estimate of drug-likeness (QED) is 0.774. The van der Waals surface area contributed by atoms with Crippen molar-refractivity contribution in [2.24, 2.45) is 0 Å². The molecule has 0 saturated carbocycles. The van der Waals surface area contributed by atoms with E-state index in [1.807, 2.05) is 0 Å². The van der Waals surface area contributed by atoms with Crippen molar-refractivity contribution >= 4 is 17.8 Å². The van der Waals surface area contributed by atoms with Gasteiger partial charge in [0.1, 0.15) is 23.7 Å². The average Bonchev–Trinajstić information content (AvgIpc) is 2.86. The maximum Gasteiger partial charge on any atom is 0.325 e. The summed E-state index contributed by atoms with van der Waals surface area (Å²) in [5.41, 5.74) is -0.707. The minimum Gasteiger partial charge on any atom is -0.348 e. The molecule has 1 fully saturated rings. The highest BCUT2D eigenvalue weighted by molar-refractivity contribution is 6.09. The fourth-order valence-electron chi connectivity index (χ4n) is 3.15. The highest BCUT2D eigenvalue weighted by Crippen LogP contribution is 2.28. The number of carbonyl (C=O) groups is 3. The van der Waals surface area contributed by atoms with Crippen LogP contribution < -0.4 is 10.6 Å². The smallest absolute Gasteiger partial charge is 0.325 e. The summed E-state index contributed by atoms with van der Waals surface area (Å²) in [6, 6.07) is 9.81. The van der Waals surface area contributed by atoms with Crippen LogP contribution in [0.5, 0.6) is 0 Å². The van der Waals surface area contributed by atoms with Crippen LogP contribution in [-0.2, 0) is 15.1 Å². The number of nitrogens with zero attached hydrogens (tertiary/aromatic N) is 1. The third kappa shape index (κ3) is 3.58. The molecule has 6 nitrogen and oxygen atoms in total. The van der Waals surface area contributed by atoms with Crippen LogP contribution in [-0.4, -0.2) is 29.3 Å². The third-order valence-corrected chi connectivity index (χ3v) is 4.75. The number of halogens is 2. The van der Waals surface area contributed by atoms with Crippen molar-refractivity contribution in [2.75, 3.05) is 6.54 Å². The summed E-state index contributed by atoms with van der Waals surface area (Å²) in [4.78, 5) is 38.1. The molecule has 0 unspecified atom stereocenters. The van der Waals surface area contributed by atoms with E-state index in [0.29, 0.717) is 11.1 Å². The van der Waals surface area contributed by atoms with Crippen molar-refractivity contribution in [3.8, 4) is 0 Å². The maximum atomic E-state index is 13.8. The number of nitrogens with one attached hydrogen (secondary N) is 2. The van der Waals surface area contributed by atoms with Crippen LogP contribution in [0.2, 0.25) is 0 Å². The lowest BCUT2D eigenvalue weighted by atomic mass is 9.92. The van der Waals surface area contributed by atoms with Crippen molar-refractivity contribution in [1.29, 1.82) is 0 Å². The summed E-state index contributed by atoms with van der Waals surface area (Å²) in [5.74, 6) is -2.17. The number of rotatable bonds is 5. The zero-order chi connectivity index (χ0) is 20.5. The van der Waals surface area contributed by atoms with E-state index < -0.39 is 47.6 Å². The number of benzene rings is 2. The number of amides is 4. The predicted molar refractivity (Wildman–Crippen MR) is 97.0 cm³/mol. The fraction of sp³-hybridized carbons (Fsp3) is 0.250. The van der Waals surface area contributed by atoms with E-state index in [0.717, 1.165) is 4.90 Å². The topological polar surface area (TPSA) is 78.5 Å². The molecule has 2 aromatic rings. The van der Waals surface area contributed by atoms with Crippen molar-refractivity contribution < 1.29 is 23.2 Å². The van der Waals surface area contributed by atoms with E-state index in [2.05, 4.69) is 10.6 Å². The van der Waals surface area contributed by atoms with E-state index >= 15 is 0 Å². The first-order chi connectivity index (χ1) is 13.2. The molecule has 4 amide bonds. The highest BCUT2D eigenvalue weighted by Gasteiger charge is 2.49. The van der Waals surface area contributed by atoms with Gasteiger partial charge >= 0.3 is 6.03 Å². The average molecular weight is 387 g/mol. The minimum atomic E-state index is -1.40. The Bertz CT molecular complexity index is 933. The van der Waals surface area contributed by atoms with Crippen molar-refractivity contribution in [1.82, 2.24) is 15.5 Å². The first kappa shape index (κ1) is 19.5. The van der Waals surface area contributed by atoms with Gasteiger partial charge < -0.3 is 10.6 Å². The standard InChI is InChI=1S/C20H19F2N3O3/c1-12(15-5-3-4-6-16(15)22)23-17(26)11-25-18(27)20(2,24-19(25)28)13-7-9-14(21)10-8-13/h3-10,12H,11H2,1-2H3,(H,23,26)(H,24,28)/t12-,20+/m0/s1. The monoisotopic (exact) mass is 387 g/mol. The SMILES string of the molecule is C[C@H](NC(=O)CN1C(=O)N[C@](C)(c2ccc(F)cc2)C1=O)c1ccccc1F. The Morgan fingerprint density at radius 2 is 1.79 bits per heavy atom. The fourth-order valence-corrected chi connectivity index (χ4v) is 3.15. The Morgan fingerprint density at radius 3 is 2.43 bits per heavy atom. The second kappa shape index (κ2) is 7.38. The molecular weight excluding hydrogens is 368 g/mol. The van der Waals surface area contributed by atoms with Crippen LogP contribution in [0.15, 0.2) is 48.5 Å². The van der Waals surface area contributed by atoms with E-state index in [-0.39, 0.29) is 0 Å². The van der Waals surface area contributed by atoms with Gasteiger partial charge in [0.2, 0.25) is 5.91 Å². The molecule has 0 bridgehead atoms. The number of carbonyl (C=O) groups excluding carboxylic acids is 3. The molecule has 0 aromatic heterocycles. The van der Waals surface area contributed by atoms with Crippen molar-refractivity contribution in [3.63, 3.8) is 0 Å². The molecule has 28 heavy (non-hydrogen) atoms. The summed E-state index contributed by atoms with van der Waals surface area (Å²) < 4.78 is 27.0. The van der Waals surface area contributed by atoms with Gasteiger partial charge in [-0.3, -0.25) is 14.5 Å². The van der Waals surface area contributed by atoms with Gasteiger partial charge in [-0.2, -0.15) is 0 Å². The lowest BCUT2D eigenvalue weighted by Crippen LogP contribution is -2.43. The minimum absolute atomic E-state index is 0.296. The summed E-state index contributed by atoms with van der Waals surface area (Å²) in [6.07, 6.45) is 0. The van der Waals surface area contributed by atoms with Crippen LogP contribution in [0.1, 0.15) is 31.0 Å². The van der Waals surface area contributed by atoms with Gasteiger partial charge in [-0.05, 0) is 37.6 Å². The Labute approximate surface area is 160 Å². The third-order valence-electron chi connectivity index (χ3n) is 4.75. The summed E-state index contributed by atoms with van der Waals surface area (Å²) in [5, 5.41) is 5.12. The summed E-state index contributed by atoms with van der Waals surface area (Å²) in [7, 11) is 0. The van der Waals surface area contributed by atoms with Crippen molar-refractivity contribution in [2.45, 2.75) is 25.4 Å². The molecule has 1 aliphatic heterocycles. The van der Waals surface area contributed by atoms with Crippen LogP contribution >= 0.6 is 0 Å². The van der Waals surface area contributed by atoms with E-state index in [4.69, 9.17) is 0 Å². The Morgan fingerprint density at radius 1 is 1.14 bits per heavy atom. The van der Waals surface area contributed by atoms with Gasteiger partial charge in [0.25, 0.3) is 5.91 Å². The molecule has 8 heteroatoms. The Balaban J connectivity index is 1.71. The Hall–Kier alpha value is -3.29. The first-order valence-corrected chi connectivity index (χ1v) is 8.66. The molecule has 1 aliphatic rings. The molecule has 1 saturated heterocycles. The van der Waals surface area contributed by atoms with Crippen LogP contribution in [0.25, 0.3) is 0 Å². The number of hydrogen-bond acceptors (Lipinski definition) is 3. The Kier molecular flexibility index (Phi) is 5.13. The molecule has 146 valence electrons. The molecule has 3 rings (SSSR count). The van der Waals surface area contributed by atoms with Gasteiger partial charge in [0, 0.05) is 5.56 Å².